The summed E-state index contributed by atoms with van der Waals surface area (Å²) in [7, 11) is 0. The molecule has 66 valence electrons. The third kappa shape index (κ3) is 7.97. The molecule has 0 aromatic carbocycles. The van der Waals surface area contributed by atoms with Gasteiger partial charge in [0.05, 0.1) is 0 Å². The second-order valence-corrected chi connectivity index (χ2v) is 18.4. The molecule has 0 amide bonds. The molecule has 0 fully saturated rings. The number of hydrogen-bond donors (Lipinski definition) is 0. The van der Waals surface area contributed by atoms with Gasteiger partial charge in [0, 0.05) is 0 Å². The molecule has 0 rings (SSSR count). The van der Waals surface area contributed by atoms with E-state index < -0.39 is 12.7 Å². The quantitative estimate of drug-likeness (QED) is 0.535. The molecule has 0 N–H and O–H groups in total. The zero-order chi connectivity index (χ0) is 9.12. The van der Waals surface area contributed by atoms with Gasteiger partial charge in [0.1, 0.15) is 0 Å². The highest BCUT2D eigenvalue weighted by atomic mass is 35.8. The van der Waals surface area contributed by atoms with Crippen LogP contribution in [0.1, 0.15) is 0 Å². The second kappa shape index (κ2) is 4.75. The predicted octanol–water partition coefficient (Wildman–Crippen LogP) is 4.29. The summed E-state index contributed by atoms with van der Waals surface area (Å²) in [5, 5.41) is 0. The van der Waals surface area contributed by atoms with E-state index in [0.717, 1.165) is 0 Å². The summed E-state index contributed by atoms with van der Waals surface area (Å²) in [5.41, 5.74) is 1.57. The molecule has 0 aromatic heterocycles. The first kappa shape index (κ1) is 12.6. The fraction of sp³-hybridized carbons (Fsp3) is 0.500. The lowest BCUT2D eigenvalue weighted by molar-refractivity contribution is 1.41. The van der Waals surface area contributed by atoms with Gasteiger partial charge in [0.25, 0.3) is 6.69 Å². The van der Waals surface area contributed by atoms with Crippen LogP contribution in [0, 0.1) is 0 Å². The highest BCUT2D eigenvalue weighted by Crippen LogP contribution is 2.33. The van der Waals surface area contributed by atoms with E-state index in [2.05, 4.69) is 6.58 Å². The van der Waals surface area contributed by atoms with Crippen molar-refractivity contribution in [2.45, 2.75) is 12.1 Å². The summed E-state index contributed by atoms with van der Waals surface area (Å²) in [6.45, 7) is 1.22. The van der Waals surface area contributed by atoms with E-state index >= 15 is 0 Å². The Labute approximate surface area is 91.9 Å². The van der Waals surface area contributed by atoms with E-state index in [4.69, 9.17) is 55.4 Å². The Morgan fingerprint density at radius 1 is 1.00 bits per heavy atom. The predicted molar refractivity (Wildman–Crippen MR) is 60.6 cm³/mol. The lowest BCUT2D eigenvalue weighted by Gasteiger charge is -2.13. The lowest BCUT2D eigenvalue weighted by atomic mass is 10.9. The molecule has 0 aliphatic carbocycles. The first-order valence-corrected chi connectivity index (χ1v) is 12.4. The normalized spacial score (nSPS) is 13.2. The molecule has 0 radical (unpaired) electrons. The smallest absolute Gasteiger partial charge is 0.140 e. The zero-order valence-corrected chi connectivity index (χ0v) is 11.4. The van der Waals surface area contributed by atoms with Crippen molar-refractivity contribution in [1.82, 2.24) is 0 Å². The van der Waals surface area contributed by atoms with E-state index in [0.29, 0.717) is 12.1 Å². The standard InChI is InChI=1S/C4H7Cl5Si2/c1-2-10(5,6)3-4-11(7,8)9/h2H,1,3-4H2. The molecule has 0 unspecified atom stereocenters. The largest absolute Gasteiger partial charge is 0.341 e. The van der Waals surface area contributed by atoms with Crippen LogP contribution in [0.5, 0.6) is 0 Å². The number of halogens is 5. The third-order valence-corrected chi connectivity index (χ3v) is 7.63. The minimum atomic E-state index is -2.55. The Bertz CT molecular complexity index is 140. The van der Waals surface area contributed by atoms with Gasteiger partial charge in [-0.1, -0.05) is 5.70 Å². The lowest BCUT2D eigenvalue weighted by Crippen LogP contribution is -2.20. The van der Waals surface area contributed by atoms with Crippen LogP contribution in [0.2, 0.25) is 12.1 Å². The van der Waals surface area contributed by atoms with Gasteiger partial charge in [-0.05, 0) is 12.1 Å². The highest BCUT2D eigenvalue weighted by molar-refractivity contribution is 7.65. The molecular weight excluding hydrogens is 281 g/mol. The maximum absolute atomic E-state index is 5.86. The van der Waals surface area contributed by atoms with E-state index in [9.17, 15) is 0 Å². The van der Waals surface area contributed by atoms with E-state index in [-0.39, 0.29) is 0 Å². The number of hydrogen-bond acceptors (Lipinski definition) is 0. The molecule has 0 atom stereocenters. The average molecular weight is 289 g/mol. The molecule has 0 nitrogen and oxygen atoms in total. The van der Waals surface area contributed by atoms with Crippen LogP contribution in [0.3, 0.4) is 0 Å². The van der Waals surface area contributed by atoms with Crippen LogP contribution in [-0.2, 0) is 0 Å². The second-order valence-electron chi connectivity index (χ2n) is 2.08. The Balaban J connectivity index is 3.79. The summed E-state index contributed by atoms with van der Waals surface area (Å²) in [6.07, 6.45) is 0. The topological polar surface area (TPSA) is 0 Å². The molecule has 0 aliphatic heterocycles. The van der Waals surface area contributed by atoms with Gasteiger partial charge in [-0.2, -0.15) is 0 Å². The molecule has 11 heavy (non-hydrogen) atoms. The summed E-state index contributed by atoms with van der Waals surface area (Å²) in [5.74, 6) is 0. The van der Waals surface area contributed by atoms with E-state index in [1.165, 1.54) is 0 Å². The molecule has 0 bridgehead atoms. The van der Waals surface area contributed by atoms with Crippen LogP contribution >= 0.6 is 55.4 Å². The minimum absolute atomic E-state index is 0.503. The molecule has 0 saturated carbocycles. The molecule has 0 heterocycles. The van der Waals surface area contributed by atoms with Gasteiger partial charge in [-0.3, -0.25) is 0 Å². The molecule has 7 heteroatoms. The van der Waals surface area contributed by atoms with Crippen molar-refractivity contribution >= 4 is 68.1 Å². The van der Waals surface area contributed by atoms with Crippen molar-refractivity contribution in [3.8, 4) is 0 Å². The van der Waals surface area contributed by atoms with Crippen molar-refractivity contribution in [3.63, 3.8) is 0 Å². The summed E-state index contributed by atoms with van der Waals surface area (Å²) >= 11 is 28.6. The Kier molecular flexibility index (Phi) is 5.45. The van der Waals surface area contributed by atoms with Gasteiger partial charge < -0.3 is 0 Å². The maximum Gasteiger partial charge on any atom is 0.341 e. The summed E-state index contributed by atoms with van der Waals surface area (Å²) in [6, 6.07) is -1.47. The molecular formula is C4H7Cl5Si2. The Morgan fingerprint density at radius 2 is 1.45 bits per heavy atom. The van der Waals surface area contributed by atoms with Crippen molar-refractivity contribution in [2.75, 3.05) is 0 Å². The van der Waals surface area contributed by atoms with Crippen molar-refractivity contribution in [1.29, 1.82) is 0 Å². The SMILES string of the molecule is C=C[Si](Cl)(Cl)CC[Si](Cl)(Cl)Cl. The zero-order valence-electron chi connectivity index (χ0n) is 5.59. The minimum Gasteiger partial charge on any atom is -0.140 e. The van der Waals surface area contributed by atoms with E-state index in [1.54, 1.807) is 5.70 Å². The van der Waals surface area contributed by atoms with Crippen LogP contribution in [0.4, 0.5) is 0 Å². The molecule has 0 spiro atoms. The highest BCUT2D eigenvalue weighted by Gasteiger charge is 2.32. The van der Waals surface area contributed by atoms with Gasteiger partial charge in [0.15, 0.2) is 0 Å². The average Bonchev–Trinajstić information content (AvgIpc) is 1.83. The third-order valence-electron chi connectivity index (χ3n) is 1.04. The monoisotopic (exact) mass is 286 g/mol. The first-order valence-electron chi connectivity index (χ1n) is 2.85. The first-order chi connectivity index (χ1) is 4.77. The fourth-order valence-electron chi connectivity index (χ4n) is 0.410. The molecule has 0 saturated heterocycles. The van der Waals surface area contributed by atoms with Crippen LogP contribution < -0.4 is 0 Å². The Hall–Kier alpha value is 1.62. The van der Waals surface area contributed by atoms with Gasteiger partial charge >= 0.3 is 6.00 Å². The van der Waals surface area contributed by atoms with Crippen LogP contribution in [0.25, 0.3) is 0 Å². The Morgan fingerprint density at radius 3 is 1.73 bits per heavy atom. The van der Waals surface area contributed by atoms with Gasteiger partial charge in [-0.15, -0.1) is 62.0 Å². The van der Waals surface area contributed by atoms with Crippen molar-refractivity contribution < 1.29 is 0 Å². The number of rotatable bonds is 4. The van der Waals surface area contributed by atoms with Crippen molar-refractivity contribution in [2.24, 2.45) is 0 Å². The van der Waals surface area contributed by atoms with Gasteiger partial charge in [-0.25, -0.2) is 0 Å². The van der Waals surface area contributed by atoms with Crippen LogP contribution in [0.15, 0.2) is 12.3 Å². The van der Waals surface area contributed by atoms with E-state index in [1.807, 2.05) is 0 Å². The van der Waals surface area contributed by atoms with Gasteiger partial charge in [0.2, 0.25) is 0 Å². The molecule has 0 aromatic rings. The van der Waals surface area contributed by atoms with Crippen molar-refractivity contribution in [3.05, 3.63) is 12.3 Å². The van der Waals surface area contributed by atoms with Crippen LogP contribution in [-0.4, -0.2) is 12.7 Å². The molecule has 0 aliphatic rings. The summed E-state index contributed by atoms with van der Waals surface area (Å²) < 4.78 is 0. The summed E-state index contributed by atoms with van der Waals surface area (Å²) in [4.78, 5) is 0. The maximum atomic E-state index is 5.86. The fourth-order valence-corrected chi connectivity index (χ4v) is 7.33.